The molecule has 3 aromatic carbocycles. The maximum absolute atomic E-state index is 14.8. The fourth-order valence-corrected chi connectivity index (χ4v) is 12.3. The van der Waals surface area contributed by atoms with Gasteiger partial charge in [0.2, 0.25) is 29.9 Å². The number of likely N-dealkylation sites (N-methyl/N-ethyl adjacent to an activating group) is 2. The molecular weight excluding hydrogens is 1260 g/mol. The monoisotopic (exact) mass is 1360 g/mol. The molecule has 30 heteroatoms. The van der Waals surface area contributed by atoms with E-state index in [1.807, 2.05) is 44.2 Å². The fraction of sp³-hybridized carbons (Fsp3) is 0.615. The molecule has 2 saturated heterocycles. The third kappa shape index (κ3) is 21.6. The maximum Gasteiger partial charge on any atom is 0.501 e. The lowest BCUT2D eigenvalue weighted by Gasteiger charge is -2.41. The lowest BCUT2D eigenvalue weighted by molar-refractivity contribution is -0.277. The maximum atomic E-state index is 14.8. The summed E-state index contributed by atoms with van der Waals surface area (Å²) in [5.74, 6) is -6.57. The number of esters is 1. The van der Waals surface area contributed by atoms with Crippen molar-refractivity contribution in [3.8, 4) is 17.2 Å². The van der Waals surface area contributed by atoms with Crippen molar-refractivity contribution < 1.29 is 109 Å². The molecule has 0 spiro atoms. The minimum absolute atomic E-state index is 0.000219. The zero-order chi connectivity index (χ0) is 70.4. The molecule has 95 heavy (non-hydrogen) atoms. The molecule has 2 heterocycles. The number of carbonyl (C=O) groups excluding carboxylic acids is 7. The van der Waals surface area contributed by atoms with Crippen LogP contribution in [0.5, 0.6) is 17.2 Å². The zero-order valence-corrected chi connectivity index (χ0v) is 56.8. The number of benzene rings is 3. The number of methoxy groups -OCH3 is 3. The number of ether oxygens (including phenoxy) is 7. The van der Waals surface area contributed by atoms with Crippen LogP contribution in [0.1, 0.15) is 95.6 Å². The normalized spacial score (nSPS) is 20.6. The Hall–Kier alpha value is -7.26. The van der Waals surface area contributed by atoms with Gasteiger partial charge in [-0.1, -0.05) is 97.4 Å². The van der Waals surface area contributed by atoms with Gasteiger partial charge in [0.1, 0.15) is 54.9 Å². The number of rotatable bonds is 36. The van der Waals surface area contributed by atoms with Crippen molar-refractivity contribution >= 4 is 52.0 Å². The van der Waals surface area contributed by atoms with E-state index in [0.29, 0.717) is 31.4 Å². The smallest absolute Gasteiger partial charge is 0.467 e. The van der Waals surface area contributed by atoms with E-state index in [4.69, 9.17) is 46.6 Å². The van der Waals surface area contributed by atoms with E-state index < -0.39 is 155 Å². The van der Waals surface area contributed by atoms with E-state index >= 15 is 0 Å². The first-order chi connectivity index (χ1) is 45.1. The van der Waals surface area contributed by atoms with Gasteiger partial charge >= 0.3 is 22.5 Å². The molecule has 0 bridgehead atoms. The topological polar surface area (TPSA) is 384 Å². The highest BCUT2D eigenvalue weighted by Crippen LogP contribution is 2.35. The quantitative estimate of drug-likeness (QED) is 0.0304. The predicted octanol–water partition coefficient (Wildman–Crippen LogP) is 1.86. The Morgan fingerprint density at radius 2 is 1.45 bits per heavy atom. The second kappa shape index (κ2) is 37.3. The molecule has 530 valence electrons. The molecule has 2 fully saturated rings. The van der Waals surface area contributed by atoms with Crippen molar-refractivity contribution in [2.75, 3.05) is 74.9 Å². The second-order valence-electron chi connectivity index (χ2n) is 24.2. The number of carbonyl (C=O) groups is 7. The summed E-state index contributed by atoms with van der Waals surface area (Å²) in [6.45, 7) is 11.6. The Kier molecular flexibility index (Phi) is 30.8. The van der Waals surface area contributed by atoms with Crippen LogP contribution in [0.4, 0.5) is 4.79 Å². The highest BCUT2D eigenvalue weighted by molar-refractivity contribution is 7.82. The predicted molar refractivity (Wildman–Crippen MR) is 341 cm³/mol. The van der Waals surface area contributed by atoms with Gasteiger partial charge in [-0.3, -0.25) is 28.9 Å². The van der Waals surface area contributed by atoms with Crippen molar-refractivity contribution in [1.82, 2.24) is 30.7 Å². The molecule has 3 aromatic rings. The molecule has 5 rings (SSSR count). The minimum Gasteiger partial charge on any atom is -0.467 e. The van der Waals surface area contributed by atoms with E-state index in [1.165, 1.54) is 63.6 Å². The number of aliphatic hydroxyl groups is 5. The molecule has 8 N–H and O–H groups in total. The highest BCUT2D eigenvalue weighted by atomic mass is 32.3. The summed E-state index contributed by atoms with van der Waals surface area (Å²) < 4.78 is 76.3. The second-order valence-corrected chi connectivity index (χ2v) is 25.4. The van der Waals surface area contributed by atoms with Gasteiger partial charge in [0.05, 0.1) is 70.2 Å². The Labute approximate surface area is 555 Å². The summed E-state index contributed by atoms with van der Waals surface area (Å²) >= 11 is 0. The summed E-state index contributed by atoms with van der Waals surface area (Å²) in [7, 11) is 2.06. The number of nitrogens with one attached hydrogen (secondary N) is 3. The van der Waals surface area contributed by atoms with E-state index in [1.54, 1.807) is 46.6 Å². The molecular formula is C65H96N6O23S. The van der Waals surface area contributed by atoms with Crippen LogP contribution in [0.25, 0.3) is 0 Å². The largest absolute Gasteiger partial charge is 0.501 e. The van der Waals surface area contributed by atoms with Crippen molar-refractivity contribution in [3.05, 3.63) is 89.5 Å². The standard InChI is InChI=1S/C65H96N6O23S/c1-13-39(6)54(49(86-10)34-51(74)71-28-17-20-46(71)58(87-11)40(7)59(78)67-45(63(82)88-12)32-41-18-15-14-16-19-41)69(8)62(81)52(37(2)3)68-61(80)53(38(4)5)70(9)65(83)90-36-42-21-24-44(25-22-42)93-95(84,85)94-48-33-43(60(79)66-27-30-89-31-29-72)23-26-47(48)91-64-57(77)56(76)55(75)50(35-73)92-64/h14-16,18-19,21-26,33,37-40,45-46,49-50,52-58,64,72-73,75-77H,13,17,20,27-32,34-36H2,1-12H3,(H,66,79)(H,67,78)(H,68,80)/t39?,40-,45?,46+,49-,50-,52+,53+,54+,55+,56+,57-,58-,64?/m1/s1. The van der Waals surface area contributed by atoms with Gasteiger partial charge < -0.3 is 92.8 Å². The van der Waals surface area contributed by atoms with Gasteiger partial charge in [-0.2, -0.15) is 0 Å². The Balaban J connectivity index is 1.23. The van der Waals surface area contributed by atoms with Crippen LogP contribution in [0.3, 0.4) is 0 Å². The molecule has 3 unspecified atom stereocenters. The van der Waals surface area contributed by atoms with Gasteiger partial charge in [0.25, 0.3) is 5.91 Å². The molecule has 2 aliphatic rings. The molecule has 14 atom stereocenters. The van der Waals surface area contributed by atoms with Crippen molar-refractivity contribution in [2.45, 2.75) is 160 Å². The minimum atomic E-state index is -5.10. The Bertz CT molecular complexity index is 3090. The van der Waals surface area contributed by atoms with Crippen LogP contribution >= 0.6 is 0 Å². The third-order valence-electron chi connectivity index (χ3n) is 16.9. The summed E-state index contributed by atoms with van der Waals surface area (Å²) in [6, 6.07) is 13.3. The van der Waals surface area contributed by atoms with Gasteiger partial charge in [-0.15, -0.1) is 8.42 Å². The van der Waals surface area contributed by atoms with Gasteiger partial charge in [0, 0.05) is 53.4 Å². The fourth-order valence-electron chi connectivity index (χ4n) is 11.5. The summed E-state index contributed by atoms with van der Waals surface area (Å²) in [5, 5.41) is 58.1. The zero-order valence-electron chi connectivity index (χ0n) is 56.0. The molecule has 0 aliphatic carbocycles. The summed E-state index contributed by atoms with van der Waals surface area (Å²) in [4.78, 5) is 102. The van der Waals surface area contributed by atoms with Gasteiger partial charge in [-0.05, 0) is 72.1 Å². The number of hydrogen-bond acceptors (Lipinski definition) is 23. The molecule has 0 aromatic heterocycles. The number of hydrogen-bond donors (Lipinski definition) is 8. The first kappa shape index (κ1) is 78.4. The highest BCUT2D eigenvalue weighted by Gasteiger charge is 2.47. The Morgan fingerprint density at radius 1 is 0.768 bits per heavy atom. The molecule has 0 radical (unpaired) electrons. The first-order valence-corrected chi connectivity index (χ1v) is 32.9. The van der Waals surface area contributed by atoms with Gasteiger partial charge in [0.15, 0.2) is 11.5 Å². The van der Waals surface area contributed by atoms with Crippen LogP contribution in [0, 0.1) is 23.7 Å². The summed E-state index contributed by atoms with van der Waals surface area (Å²) in [5.41, 5.74) is 1.02. The number of likely N-dealkylation sites (tertiary alicyclic amines) is 1. The lowest BCUT2D eigenvalue weighted by atomic mass is 9.89. The molecule has 2 aliphatic heterocycles. The van der Waals surface area contributed by atoms with E-state index in [2.05, 4.69) is 16.0 Å². The van der Waals surface area contributed by atoms with Crippen LogP contribution in [-0.2, 0) is 75.8 Å². The average Bonchev–Trinajstić information content (AvgIpc) is 1.58. The average molecular weight is 1360 g/mol. The van der Waals surface area contributed by atoms with E-state index in [-0.39, 0.29) is 69.0 Å². The molecule has 0 saturated carbocycles. The van der Waals surface area contributed by atoms with Crippen LogP contribution in [0.15, 0.2) is 72.8 Å². The molecule has 6 amide bonds. The van der Waals surface area contributed by atoms with Crippen molar-refractivity contribution in [3.63, 3.8) is 0 Å². The molecule has 29 nitrogen and oxygen atoms in total. The van der Waals surface area contributed by atoms with Crippen LogP contribution < -0.4 is 29.1 Å². The van der Waals surface area contributed by atoms with Crippen LogP contribution in [-0.4, -0.2) is 238 Å². The number of nitrogens with zero attached hydrogens (tertiary/aromatic N) is 3. The van der Waals surface area contributed by atoms with E-state index in [0.717, 1.165) is 22.6 Å². The first-order valence-electron chi connectivity index (χ1n) is 31.6. The van der Waals surface area contributed by atoms with Gasteiger partial charge in [-0.25, -0.2) is 9.59 Å². The lowest BCUT2D eigenvalue weighted by Crippen LogP contribution is -2.60. The third-order valence-corrected chi connectivity index (χ3v) is 17.7. The Morgan fingerprint density at radius 3 is 2.05 bits per heavy atom. The van der Waals surface area contributed by atoms with E-state index in [9.17, 15) is 62.4 Å². The summed E-state index contributed by atoms with van der Waals surface area (Å²) in [6.07, 6.45) is -9.38. The van der Waals surface area contributed by atoms with Crippen LogP contribution in [0.2, 0.25) is 0 Å². The number of amides is 6. The SMILES string of the molecule is CCC(C)[C@@H]([C@@H](CC(=O)N1CCC[C@H]1[C@H](OC)[C@@H](C)C(=O)NC(Cc1ccccc1)C(=O)OC)OC)N(C)C(=O)[C@@H](NC(=O)[C@H](C(C)C)N(C)C(=O)OCc1ccc(OS(=O)(=O)Oc2cc(C(=O)NCCOCCO)ccc2OC2O[C@H](CO)[C@H](O)[C@H](O)[C@H]2O)cc1)C(C)C. The van der Waals surface area contributed by atoms with Crippen molar-refractivity contribution in [1.29, 1.82) is 0 Å². The number of aliphatic hydroxyl groups excluding tert-OH is 5. The van der Waals surface area contributed by atoms with Crippen molar-refractivity contribution in [2.24, 2.45) is 23.7 Å².